The van der Waals surface area contributed by atoms with Gasteiger partial charge in [0.1, 0.15) is 5.60 Å². The molecule has 0 aromatic heterocycles. The Morgan fingerprint density at radius 1 is 1.27 bits per heavy atom. The molecule has 4 nitrogen and oxygen atoms in total. The molecule has 0 aromatic rings. The molecule has 0 aliphatic rings. The molecule has 0 aromatic carbocycles. The zero-order valence-electron chi connectivity index (χ0n) is 10.7. The predicted molar refractivity (Wildman–Crippen MR) is 61.7 cm³/mol. The monoisotopic (exact) mass is 216 g/mol. The highest BCUT2D eigenvalue weighted by Gasteiger charge is 2.22. The van der Waals surface area contributed by atoms with E-state index in [0.717, 1.165) is 0 Å². The average molecular weight is 216 g/mol. The van der Waals surface area contributed by atoms with Crippen molar-refractivity contribution in [2.24, 2.45) is 11.1 Å². The summed E-state index contributed by atoms with van der Waals surface area (Å²) in [7, 11) is 0. The summed E-state index contributed by atoms with van der Waals surface area (Å²) in [4.78, 5) is 11.3. The molecule has 0 spiro atoms. The van der Waals surface area contributed by atoms with Crippen molar-refractivity contribution in [1.29, 1.82) is 0 Å². The SMILES string of the molecule is CC(C)(C)OC(=O)NC[C@@H](N)C(C)(C)C. The largest absolute Gasteiger partial charge is 0.444 e. The van der Waals surface area contributed by atoms with Crippen LogP contribution in [-0.2, 0) is 4.74 Å². The standard InChI is InChI=1S/C11H24N2O2/c1-10(2,3)8(12)7-13-9(14)15-11(4,5)6/h8H,7,12H2,1-6H3,(H,13,14)/t8-/m1/s1. The number of hydrogen-bond donors (Lipinski definition) is 2. The number of carbonyl (C=O) groups is 1. The van der Waals surface area contributed by atoms with Crippen molar-refractivity contribution >= 4 is 6.09 Å². The normalized spacial score (nSPS) is 14.6. The lowest BCUT2D eigenvalue weighted by Crippen LogP contribution is -2.46. The molecule has 15 heavy (non-hydrogen) atoms. The van der Waals surface area contributed by atoms with Crippen LogP contribution in [-0.4, -0.2) is 24.3 Å². The fraction of sp³-hybridized carbons (Fsp3) is 0.909. The van der Waals surface area contributed by atoms with E-state index in [0.29, 0.717) is 6.54 Å². The highest BCUT2D eigenvalue weighted by Crippen LogP contribution is 2.16. The molecule has 1 atom stereocenters. The Morgan fingerprint density at radius 3 is 2.07 bits per heavy atom. The molecule has 0 saturated heterocycles. The van der Waals surface area contributed by atoms with Crippen LogP contribution in [0.1, 0.15) is 41.5 Å². The minimum atomic E-state index is -0.462. The molecule has 0 fully saturated rings. The summed E-state index contributed by atoms with van der Waals surface area (Å²) in [5.41, 5.74) is 5.41. The van der Waals surface area contributed by atoms with E-state index < -0.39 is 11.7 Å². The van der Waals surface area contributed by atoms with E-state index in [2.05, 4.69) is 5.32 Å². The van der Waals surface area contributed by atoms with E-state index in [-0.39, 0.29) is 11.5 Å². The molecular formula is C11H24N2O2. The van der Waals surface area contributed by atoms with Crippen LogP contribution in [0.5, 0.6) is 0 Å². The molecule has 0 aliphatic carbocycles. The first-order valence-corrected chi connectivity index (χ1v) is 5.25. The van der Waals surface area contributed by atoms with Gasteiger partial charge in [-0.05, 0) is 26.2 Å². The molecule has 0 rings (SSSR count). The van der Waals surface area contributed by atoms with Gasteiger partial charge in [-0.15, -0.1) is 0 Å². The van der Waals surface area contributed by atoms with Crippen molar-refractivity contribution in [3.05, 3.63) is 0 Å². The zero-order chi connectivity index (χ0) is 12.3. The van der Waals surface area contributed by atoms with Crippen LogP contribution >= 0.6 is 0 Å². The van der Waals surface area contributed by atoms with Crippen LogP contribution < -0.4 is 11.1 Å². The molecule has 0 heterocycles. The second kappa shape index (κ2) is 4.84. The number of rotatable bonds is 2. The highest BCUT2D eigenvalue weighted by atomic mass is 16.6. The van der Waals surface area contributed by atoms with Crippen molar-refractivity contribution in [3.63, 3.8) is 0 Å². The lowest BCUT2D eigenvalue weighted by Gasteiger charge is -2.27. The van der Waals surface area contributed by atoms with E-state index in [9.17, 15) is 4.79 Å². The van der Waals surface area contributed by atoms with Crippen LogP contribution in [0.15, 0.2) is 0 Å². The number of hydrogen-bond acceptors (Lipinski definition) is 3. The summed E-state index contributed by atoms with van der Waals surface area (Å²) in [5, 5.41) is 2.66. The summed E-state index contributed by atoms with van der Waals surface area (Å²) >= 11 is 0. The first-order chi connectivity index (χ1) is 6.52. The Balaban J connectivity index is 3.92. The van der Waals surface area contributed by atoms with Crippen molar-refractivity contribution < 1.29 is 9.53 Å². The predicted octanol–water partition coefficient (Wildman–Crippen LogP) is 1.88. The fourth-order valence-corrected chi connectivity index (χ4v) is 0.814. The van der Waals surface area contributed by atoms with E-state index in [1.165, 1.54) is 0 Å². The van der Waals surface area contributed by atoms with Crippen LogP contribution in [0, 0.1) is 5.41 Å². The molecule has 3 N–H and O–H groups in total. The summed E-state index contributed by atoms with van der Waals surface area (Å²) in [5.74, 6) is 0. The van der Waals surface area contributed by atoms with Crippen LogP contribution in [0.4, 0.5) is 4.79 Å². The van der Waals surface area contributed by atoms with Gasteiger partial charge >= 0.3 is 6.09 Å². The van der Waals surface area contributed by atoms with Crippen molar-refractivity contribution in [2.45, 2.75) is 53.2 Å². The maximum absolute atomic E-state index is 11.3. The van der Waals surface area contributed by atoms with Crippen LogP contribution in [0.25, 0.3) is 0 Å². The Bertz CT molecular complexity index is 214. The van der Waals surface area contributed by atoms with Crippen LogP contribution in [0.3, 0.4) is 0 Å². The van der Waals surface area contributed by atoms with Crippen molar-refractivity contribution in [1.82, 2.24) is 5.32 Å². The molecule has 90 valence electrons. The van der Waals surface area contributed by atoms with Crippen molar-refractivity contribution in [3.8, 4) is 0 Å². The number of carbonyl (C=O) groups excluding carboxylic acids is 1. The van der Waals surface area contributed by atoms with Gasteiger partial charge in [0.25, 0.3) is 0 Å². The molecule has 0 radical (unpaired) electrons. The topological polar surface area (TPSA) is 64.3 Å². The summed E-state index contributed by atoms with van der Waals surface area (Å²) < 4.78 is 5.10. The summed E-state index contributed by atoms with van der Waals surface area (Å²) in [6, 6.07) is -0.0787. The zero-order valence-corrected chi connectivity index (χ0v) is 10.7. The third-order valence-corrected chi connectivity index (χ3v) is 1.98. The number of ether oxygens (including phenoxy) is 1. The minimum absolute atomic E-state index is 0.0188. The Labute approximate surface area is 92.6 Å². The van der Waals surface area contributed by atoms with Gasteiger partial charge in [-0.1, -0.05) is 20.8 Å². The molecule has 4 heteroatoms. The smallest absolute Gasteiger partial charge is 0.407 e. The quantitative estimate of drug-likeness (QED) is 0.740. The van der Waals surface area contributed by atoms with Gasteiger partial charge in [0.05, 0.1) is 0 Å². The second-order valence-electron chi connectivity index (χ2n) is 5.86. The maximum atomic E-state index is 11.3. The van der Waals surface area contributed by atoms with Gasteiger partial charge in [-0.25, -0.2) is 4.79 Å². The lowest BCUT2D eigenvalue weighted by molar-refractivity contribution is 0.0518. The first-order valence-electron chi connectivity index (χ1n) is 5.25. The first kappa shape index (κ1) is 14.2. The van der Waals surface area contributed by atoms with Crippen LogP contribution in [0.2, 0.25) is 0 Å². The number of alkyl carbamates (subject to hydrolysis) is 1. The Morgan fingerprint density at radius 2 is 1.73 bits per heavy atom. The fourth-order valence-electron chi connectivity index (χ4n) is 0.814. The number of nitrogens with two attached hydrogens (primary N) is 1. The lowest BCUT2D eigenvalue weighted by atomic mass is 9.87. The third-order valence-electron chi connectivity index (χ3n) is 1.98. The highest BCUT2D eigenvalue weighted by molar-refractivity contribution is 5.67. The molecular weight excluding hydrogens is 192 g/mol. The molecule has 0 unspecified atom stereocenters. The second-order valence-corrected chi connectivity index (χ2v) is 5.86. The summed E-state index contributed by atoms with van der Waals surface area (Å²) in [6.07, 6.45) is -0.415. The molecule has 0 saturated carbocycles. The minimum Gasteiger partial charge on any atom is -0.444 e. The molecule has 1 amide bonds. The Kier molecular flexibility index (Phi) is 4.59. The van der Waals surface area contributed by atoms with Gasteiger partial charge in [-0.2, -0.15) is 0 Å². The maximum Gasteiger partial charge on any atom is 0.407 e. The van der Waals surface area contributed by atoms with E-state index in [4.69, 9.17) is 10.5 Å². The number of nitrogens with one attached hydrogen (secondary N) is 1. The molecule has 0 aliphatic heterocycles. The molecule has 0 bridgehead atoms. The van der Waals surface area contributed by atoms with E-state index in [1.807, 2.05) is 41.5 Å². The van der Waals surface area contributed by atoms with E-state index >= 15 is 0 Å². The van der Waals surface area contributed by atoms with Gasteiger partial charge in [0.15, 0.2) is 0 Å². The van der Waals surface area contributed by atoms with Gasteiger partial charge < -0.3 is 15.8 Å². The van der Waals surface area contributed by atoms with Gasteiger partial charge in [0.2, 0.25) is 0 Å². The van der Waals surface area contributed by atoms with Crippen molar-refractivity contribution in [2.75, 3.05) is 6.54 Å². The van der Waals surface area contributed by atoms with E-state index in [1.54, 1.807) is 0 Å². The van der Waals surface area contributed by atoms with Gasteiger partial charge in [-0.3, -0.25) is 0 Å². The average Bonchev–Trinajstić information content (AvgIpc) is 1.94. The third kappa shape index (κ3) is 7.19. The Hall–Kier alpha value is -0.770. The van der Waals surface area contributed by atoms with Gasteiger partial charge in [0, 0.05) is 12.6 Å². The summed E-state index contributed by atoms with van der Waals surface area (Å²) in [6.45, 7) is 12.0. The number of amides is 1.